The number of aryl methyl sites for hydroxylation is 3. The fraction of sp³-hybridized carbons (Fsp3) is 0.280. The number of rotatable bonds is 6. The minimum absolute atomic E-state index is 0.273. The maximum Gasteiger partial charge on any atom is 0.273 e. The van der Waals surface area contributed by atoms with Gasteiger partial charge in [-0.2, -0.15) is 0 Å². The molecule has 10 heteroatoms. The van der Waals surface area contributed by atoms with Gasteiger partial charge in [0.2, 0.25) is 0 Å². The molecule has 4 heterocycles. The molecule has 0 atom stereocenters. The van der Waals surface area contributed by atoms with Crippen LogP contribution in [0.15, 0.2) is 45.2 Å². The lowest BCUT2D eigenvalue weighted by atomic mass is 10.1. The Balaban J connectivity index is 1.76. The highest BCUT2D eigenvalue weighted by Crippen LogP contribution is 2.30. The summed E-state index contributed by atoms with van der Waals surface area (Å²) in [6.45, 7) is 9.30. The smallest absolute Gasteiger partial charge is 0.273 e. The molecule has 182 valence electrons. The van der Waals surface area contributed by atoms with Crippen molar-refractivity contribution in [1.82, 2.24) is 19.5 Å². The molecule has 4 aromatic heterocycles. The fourth-order valence-electron chi connectivity index (χ4n) is 3.55. The summed E-state index contributed by atoms with van der Waals surface area (Å²) in [5.74, 6) is 0.731. The van der Waals surface area contributed by atoms with E-state index in [0.717, 1.165) is 11.1 Å². The number of hydrogen-bond donors (Lipinski definition) is 1. The third-order valence-electron chi connectivity index (χ3n) is 5.32. The van der Waals surface area contributed by atoms with Gasteiger partial charge in [0.05, 0.1) is 22.1 Å². The van der Waals surface area contributed by atoms with Crippen molar-refractivity contribution in [2.45, 2.75) is 46.8 Å². The summed E-state index contributed by atoms with van der Waals surface area (Å²) in [5.41, 5.74) is 2.46. The van der Waals surface area contributed by atoms with Crippen LogP contribution in [0.1, 0.15) is 41.4 Å². The van der Waals surface area contributed by atoms with Crippen LogP contribution in [0.25, 0.3) is 17.1 Å². The zero-order valence-corrected chi connectivity index (χ0v) is 23.0. The molecular formula is C25H24BrClN4O3S. The quantitative estimate of drug-likeness (QED) is 0.308. The summed E-state index contributed by atoms with van der Waals surface area (Å²) in [7, 11) is 0. The molecule has 35 heavy (non-hydrogen) atoms. The maximum absolute atomic E-state index is 13.4. The Morgan fingerprint density at radius 1 is 1.17 bits per heavy atom. The molecule has 0 amide bonds. The highest BCUT2D eigenvalue weighted by molar-refractivity contribution is 9.10. The molecule has 0 unspecified atom stereocenters. The second kappa shape index (κ2) is 9.81. The minimum Gasteiger partial charge on any atom is -0.487 e. The standard InChI is InChI=1S/C25H24BrClN4O3S/c1-13-9-29-24(25(4,5)33)30-22(13)18-8-19(17(27)10-28-18)31-14(2)6-20(21(26)23(31)32)34-11-16-7-15(3)35-12-16/h6-10,12,33H,11H2,1-5H3. The minimum atomic E-state index is -1.21. The van der Waals surface area contributed by atoms with Crippen molar-refractivity contribution in [2.24, 2.45) is 0 Å². The lowest BCUT2D eigenvalue weighted by molar-refractivity contribution is 0.0688. The third kappa shape index (κ3) is 5.33. The Morgan fingerprint density at radius 3 is 2.57 bits per heavy atom. The number of thiophene rings is 1. The van der Waals surface area contributed by atoms with Gasteiger partial charge < -0.3 is 9.84 Å². The third-order valence-corrected chi connectivity index (χ3v) is 7.25. The molecule has 1 N–H and O–H groups in total. The van der Waals surface area contributed by atoms with Crippen molar-refractivity contribution in [3.05, 3.63) is 83.3 Å². The maximum atomic E-state index is 13.4. The number of aliphatic hydroxyl groups is 1. The second-order valence-electron chi connectivity index (χ2n) is 8.76. The Bertz CT molecular complexity index is 1480. The first-order chi connectivity index (χ1) is 16.5. The number of pyridine rings is 2. The predicted octanol–water partition coefficient (Wildman–Crippen LogP) is 5.90. The largest absolute Gasteiger partial charge is 0.487 e. The van der Waals surface area contributed by atoms with Crippen molar-refractivity contribution in [2.75, 3.05) is 0 Å². The summed E-state index contributed by atoms with van der Waals surface area (Å²) in [6.07, 6.45) is 3.13. The number of hydrogen-bond acceptors (Lipinski definition) is 7. The summed E-state index contributed by atoms with van der Waals surface area (Å²) in [4.78, 5) is 27.8. The van der Waals surface area contributed by atoms with Gasteiger partial charge in [-0.3, -0.25) is 14.3 Å². The summed E-state index contributed by atoms with van der Waals surface area (Å²) >= 11 is 11.6. The molecule has 0 radical (unpaired) electrons. The van der Waals surface area contributed by atoms with Gasteiger partial charge in [0.15, 0.2) is 5.82 Å². The van der Waals surface area contributed by atoms with Gasteiger partial charge in [0.1, 0.15) is 22.4 Å². The molecule has 0 fully saturated rings. The molecule has 0 saturated carbocycles. The van der Waals surface area contributed by atoms with Crippen LogP contribution in [-0.4, -0.2) is 24.6 Å². The van der Waals surface area contributed by atoms with E-state index >= 15 is 0 Å². The van der Waals surface area contributed by atoms with Crippen molar-refractivity contribution in [3.8, 4) is 22.8 Å². The zero-order valence-electron chi connectivity index (χ0n) is 19.9. The van der Waals surface area contributed by atoms with Gasteiger partial charge in [-0.15, -0.1) is 11.3 Å². The number of aromatic nitrogens is 4. The molecule has 0 bridgehead atoms. The molecule has 0 saturated heterocycles. The average molecular weight is 576 g/mol. The van der Waals surface area contributed by atoms with Crippen LogP contribution in [-0.2, 0) is 12.2 Å². The van der Waals surface area contributed by atoms with Crippen molar-refractivity contribution < 1.29 is 9.84 Å². The van der Waals surface area contributed by atoms with Gasteiger partial charge in [0.25, 0.3) is 5.56 Å². The van der Waals surface area contributed by atoms with Gasteiger partial charge in [-0.1, -0.05) is 11.6 Å². The van der Waals surface area contributed by atoms with E-state index in [2.05, 4.69) is 36.9 Å². The van der Waals surface area contributed by atoms with E-state index in [4.69, 9.17) is 16.3 Å². The first-order valence-corrected chi connectivity index (χ1v) is 12.8. The number of ether oxygens (including phenoxy) is 1. The molecule has 4 rings (SSSR count). The predicted molar refractivity (Wildman–Crippen MR) is 142 cm³/mol. The molecular weight excluding hydrogens is 552 g/mol. The first kappa shape index (κ1) is 25.5. The molecule has 0 aromatic carbocycles. The van der Waals surface area contributed by atoms with Crippen LogP contribution in [0.2, 0.25) is 5.02 Å². The van der Waals surface area contributed by atoms with E-state index in [-0.39, 0.29) is 11.4 Å². The van der Waals surface area contributed by atoms with Crippen molar-refractivity contribution >= 4 is 38.9 Å². The molecule has 0 aliphatic rings. The molecule has 7 nitrogen and oxygen atoms in total. The van der Waals surface area contributed by atoms with Crippen LogP contribution in [0.5, 0.6) is 5.75 Å². The second-order valence-corrected chi connectivity index (χ2v) is 11.1. The first-order valence-electron chi connectivity index (χ1n) is 10.8. The Hall–Kier alpha value is -2.59. The van der Waals surface area contributed by atoms with E-state index in [9.17, 15) is 9.90 Å². The van der Waals surface area contributed by atoms with Crippen LogP contribution in [0.3, 0.4) is 0 Å². The summed E-state index contributed by atoms with van der Waals surface area (Å²) < 4.78 is 7.74. The lowest BCUT2D eigenvalue weighted by Crippen LogP contribution is -2.22. The number of halogens is 2. The summed E-state index contributed by atoms with van der Waals surface area (Å²) in [6, 6.07) is 5.56. The lowest BCUT2D eigenvalue weighted by Gasteiger charge is -2.18. The van der Waals surface area contributed by atoms with Crippen LogP contribution in [0.4, 0.5) is 0 Å². The average Bonchev–Trinajstić information content (AvgIpc) is 3.21. The van der Waals surface area contributed by atoms with Crippen LogP contribution >= 0.6 is 38.9 Å². The van der Waals surface area contributed by atoms with Gasteiger partial charge >= 0.3 is 0 Å². The zero-order chi connectivity index (χ0) is 25.5. The van der Waals surface area contributed by atoms with Gasteiger partial charge in [-0.05, 0) is 73.6 Å². The van der Waals surface area contributed by atoms with E-state index in [0.29, 0.717) is 44.6 Å². The molecule has 0 aliphatic heterocycles. The van der Waals surface area contributed by atoms with Crippen molar-refractivity contribution in [3.63, 3.8) is 0 Å². The summed E-state index contributed by atoms with van der Waals surface area (Å²) in [5, 5.41) is 12.7. The number of nitrogens with zero attached hydrogens (tertiary/aromatic N) is 4. The Kier molecular flexibility index (Phi) is 7.15. The highest BCUT2D eigenvalue weighted by Gasteiger charge is 2.22. The fourth-order valence-corrected chi connectivity index (χ4v) is 4.83. The highest BCUT2D eigenvalue weighted by atomic mass is 79.9. The Labute approximate surface area is 220 Å². The van der Waals surface area contributed by atoms with E-state index in [1.807, 2.05) is 26.2 Å². The van der Waals surface area contributed by atoms with Gasteiger partial charge in [-0.25, -0.2) is 9.97 Å². The molecule has 0 aliphatic carbocycles. The SMILES string of the molecule is Cc1cc(COc2cc(C)n(-c3cc(-c4nc(C(C)(C)O)ncc4C)ncc3Cl)c(=O)c2Br)cs1. The van der Waals surface area contributed by atoms with Crippen LogP contribution < -0.4 is 10.3 Å². The van der Waals surface area contributed by atoms with Crippen molar-refractivity contribution in [1.29, 1.82) is 0 Å². The topological polar surface area (TPSA) is 90.1 Å². The normalized spacial score (nSPS) is 11.7. The molecule has 0 spiro atoms. The van der Waals surface area contributed by atoms with Crippen LogP contribution in [0, 0.1) is 20.8 Å². The van der Waals surface area contributed by atoms with E-state index < -0.39 is 5.60 Å². The Morgan fingerprint density at radius 2 is 1.91 bits per heavy atom. The van der Waals surface area contributed by atoms with E-state index in [1.165, 1.54) is 15.6 Å². The monoisotopic (exact) mass is 574 g/mol. The van der Waals surface area contributed by atoms with E-state index in [1.54, 1.807) is 43.5 Å². The molecule has 4 aromatic rings. The van der Waals surface area contributed by atoms with Gasteiger partial charge in [0, 0.05) is 34.6 Å².